The van der Waals surface area contributed by atoms with Crippen molar-refractivity contribution in [1.82, 2.24) is 10.3 Å². The standard InChI is InChI=1S/C12H22N2OS/c1-4-10(5-6-15)13-8-12-14-7-11(16-12)9(2)3/h7,9-10,13,15H,4-6,8H2,1-3H3. The summed E-state index contributed by atoms with van der Waals surface area (Å²) in [5, 5.41) is 13.5. The number of rotatable bonds is 7. The van der Waals surface area contributed by atoms with Crippen LogP contribution >= 0.6 is 11.3 Å². The minimum Gasteiger partial charge on any atom is -0.396 e. The summed E-state index contributed by atoms with van der Waals surface area (Å²) in [6.07, 6.45) is 3.83. The molecule has 0 bridgehead atoms. The van der Waals surface area contributed by atoms with E-state index in [0.29, 0.717) is 12.0 Å². The average Bonchev–Trinajstić information content (AvgIpc) is 2.73. The molecule has 1 unspecified atom stereocenters. The van der Waals surface area contributed by atoms with Crippen LogP contribution in [0.1, 0.15) is 49.4 Å². The molecule has 0 aliphatic rings. The molecule has 0 fully saturated rings. The van der Waals surface area contributed by atoms with Crippen LogP contribution in [0.5, 0.6) is 0 Å². The van der Waals surface area contributed by atoms with Gasteiger partial charge in [-0.3, -0.25) is 0 Å². The van der Waals surface area contributed by atoms with E-state index in [1.807, 2.05) is 6.20 Å². The summed E-state index contributed by atoms with van der Waals surface area (Å²) >= 11 is 1.78. The molecule has 0 aromatic carbocycles. The zero-order valence-electron chi connectivity index (χ0n) is 10.4. The topological polar surface area (TPSA) is 45.1 Å². The van der Waals surface area contributed by atoms with Gasteiger partial charge in [0.2, 0.25) is 0 Å². The molecular formula is C12H22N2OS. The molecule has 0 radical (unpaired) electrons. The number of aliphatic hydroxyl groups is 1. The van der Waals surface area contributed by atoms with Crippen LogP contribution in [0.2, 0.25) is 0 Å². The second-order valence-electron chi connectivity index (χ2n) is 4.31. The minimum absolute atomic E-state index is 0.251. The van der Waals surface area contributed by atoms with Gasteiger partial charge in [0.05, 0.1) is 0 Å². The highest BCUT2D eigenvalue weighted by Gasteiger charge is 2.08. The third-order valence-electron chi connectivity index (χ3n) is 2.65. The monoisotopic (exact) mass is 242 g/mol. The molecule has 92 valence electrons. The van der Waals surface area contributed by atoms with Gasteiger partial charge in [-0.15, -0.1) is 11.3 Å². The van der Waals surface area contributed by atoms with Crippen molar-refractivity contribution in [1.29, 1.82) is 0 Å². The summed E-state index contributed by atoms with van der Waals surface area (Å²) < 4.78 is 0. The smallest absolute Gasteiger partial charge is 0.107 e. The molecular weight excluding hydrogens is 220 g/mol. The molecule has 1 atom stereocenters. The van der Waals surface area contributed by atoms with Crippen molar-refractivity contribution in [3.8, 4) is 0 Å². The molecule has 0 amide bonds. The minimum atomic E-state index is 0.251. The lowest BCUT2D eigenvalue weighted by molar-refractivity contribution is 0.262. The van der Waals surface area contributed by atoms with E-state index in [4.69, 9.17) is 5.11 Å². The van der Waals surface area contributed by atoms with Crippen LogP contribution in [-0.4, -0.2) is 22.7 Å². The summed E-state index contributed by atoms with van der Waals surface area (Å²) in [6.45, 7) is 7.57. The second kappa shape index (κ2) is 6.99. The van der Waals surface area contributed by atoms with Crippen molar-refractivity contribution in [3.05, 3.63) is 16.1 Å². The van der Waals surface area contributed by atoms with E-state index in [9.17, 15) is 0 Å². The van der Waals surface area contributed by atoms with Gasteiger partial charge in [-0.05, 0) is 18.8 Å². The van der Waals surface area contributed by atoms with E-state index in [1.54, 1.807) is 11.3 Å². The third kappa shape index (κ3) is 4.20. The predicted molar refractivity (Wildman–Crippen MR) is 68.8 cm³/mol. The maximum atomic E-state index is 8.89. The Labute approximate surface area is 102 Å². The SMILES string of the molecule is CCC(CCO)NCc1ncc(C(C)C)s1. The third-order valence-corrected chi connectivity index (χ3v) is 3.95. The molecule has 4 heteroatoms. The maximum Gasteiger partial charge on any atom is 0.107 e. The van der Waals surface area contributed by atoms with Gasteiger partial charge in [0.1, 0.15) is 5.01 Å². The van der Waals surface area contributed by atoms with Crippen LogP contribution in [-0.2, 0) is 6.54 Å². The number of thiazole rings is 1. The molecule has 0 saturated heterocycles. The molecule has 3 nitrogen and oxygen atoms in total. The predicted octanol–water partition coefficient (Wildman–Crippen LogP) is 2.52. The molecule has 0 aliphatic heterocycles. The Hall–Kier alpha value is -0.450. The molecule has 0 spiro atoms. The first-order valence-corrected chi connectivity index (χ1v) is 6.77. The van der Waals surface area contributed by atoms with Gasteiger partial charge < -0.3 is 10.4 Å². The summed E-state index contributed by atoms with van der Waals surface area (Å²) in [7, 11) is 0. The highest BCUT2D eigenvalue weighted by Crippen LogP contribution is 2.21. The molecule has 1 heterocycles. The quantitative estimate of drug-likeness (QED) is 0.772. The fourth-order valence-electron chi connectivity index (χ4n) is 1.51. The fraction of sp³-hybridized carbons (Fsp3) is 0.750. The molecule has 1 aromatic rings. The average molecular weight is 242 g/mol. The largest absolute Gasteiger partial charge is 0.396 e. The highest BCUT2D eigenvalue weighted by molar-refractivity contribution is 7.11. The van der Waals surface area contributed by atoms with Crippen LogP contribution in [0.25, 0.3) is 0 Å². The molecule has 2 N–H and O–H groups in total. The number of hydrogen-bond donors (Lipinski definition) is 2. The zero-order valence-corrected chi connectivity index (χ0v) is 11.2. The van der Waals surface area contributed by atoms with Gasteiger partial charge in [0.25, 0.3) is 0 Å². The van der Waals surface area contributed by atoms with Crippen molar-refractivity contribution in [2.45, 2.75) is 52.1 Å². The van der Waals surface area contributed by atoms with Crippen molar-refractivity contribution in [2.75, 3.05) is 6.61 Å². The number of hydrogen-bond acceptors (Lipinski definition) is 4. The molecule has 0 aliphatic carbocycles. The van der Waals surface area contributed by atoms with Gasteiger partial charge in [-0.1, -0.05) is 20.8 Å². The Morgan fingerprint density at radius 1 is 1.50 bits per heavy atom. The van der Waals surface area contributed by atoms with Gasteiger partial charge in [0, 0.05) is 30.3 Å². The van der Waals surface area contributed by atoms with Crippen LogP contribution < -0.4 is 5.32 Å². The lowest BCUT2D eigenvalue weighted by Crippen LogP contribution is -2.28. The van der Waals surface area contributed by atoms with E-state index in [1.165, 1.54) is 4.88 Å². The van der Waals surface area contributed by atoms with E-state index in [0.717, 1.165) is 24.4 Å². The number of aliphatic hydroxyl groups excluding tert-OH is 1. The van der Waals surface area contributed by atoms with Gasteiger partial charge in [-0.25, -0.2) is 4.98 Å². The van der Waals surface area contributed by atoms with E-state index in [2.05, 4.69) is 31.1 Å². The number of nitrogens with one attached hydrogen (secondary N) is 1. The normalized spacial score (nSPS) is 13.3. The Bertz CT molecular complexity index is 299. The van der Waals surface area contributed by atoms with Crippen molar-refractivity contribution >= 4 is 11.3 Å². The molecule has 0 saturated carbocycles. The first-order chi connectivity index (χ1) is 7.67. The Morgan fingerprint density at radius 3 is 2.75 bits per heavy atom. The maximum absolute atomic E-state index is 8.89. The van der Waals surface area contributed by atoms with E-state index in [-0.39, 0.29) is 6.61 Å². The lowest BCUT2D eigenvalue weighted by atomic mass is 10.1. The summed E-state index contributed by atoms with van der Waals surface area (Å²) in [5.41, 5.74) is 0. The Morgan fingerprint density at radius 2 is 2.25 bits per heavy atom. The summed E-state index contributed by atoms with van der Waals surface area (Å²) in [6, 6.07) is 0.399. The number of nitrogens with zero attached hydrogens (tertiary/aromatic N) is 1. The molecule has 1 rings (SSSR count). The van der Waals surface area contributed by atoms with Crippen molar-refractivity contribution < 1.29 is 5.11 Å². The van der Waals surface area contributed by atoms with E-state index < -0.39 is 0 Å². The van der Waals surface area contributed by atoms with Gasteiger partial charge >= 0.3 is 0 Å². The number of aromatic nitrogens is 1. The second-order valence-corrected chi connectivity index (χ2v) is 5.46. The first kappa shape index (κ1) is 13.6. The highest BCUT2D eigenvalue weighted by atomic mass is 32.1. The Balaban J connectivity index is 2.41. The van der Waals surface area contributed by atoms with Crippen molar-refractivity contribution in [3.63, 3.8) is 0 Å². The van der Waals surface area contributed by atoms with Gasteiger partial charge in [-0.2, -0.15) is 0 Å². The van der Waals surface area contributed by atoms with E-state index >= 15 is 0 Å². The van der Waals surface area contributed by atoms with Crippen LogP contribution in [0.3, 0.4) is 0 Å². The fourth-order valence-corrected chi connectivity index (χ4v) is 2.39. The molecule has 1 aromatic heterocycles. The van der Waals surface area contributed by atoms with Crippen LogP contribution in [0, 0.1) is 0 Å². The zero-order chi connectivity index (χ0) is 12.0. The van der Waals surface area contributed by atoms with Crippen molar-refractivity contribution in [2.24, 2.45) is 0 Å². The molecule has 16 heavy (non-hydrogen) atoms. The summed E-state index contributed by atoms with van der Waals surface area (Å²) in [5.74, 6) is 0.561. The first-order valence-electron chi connectivity index (χ1n) is 5.96. The summed E-state index contributed by atoms with van der Waals surface area (Å²) in [4.78, 5) is 5.74. The van der Waals surface area contributed by atoms with Crippen LogP contribution in [0.15, 0.2) is 6.20 Å². The van der Waals surface area contributed by atoms with Gasteiger partial charge in [0.15, 0.2) is 0 Å². The van der Waals surface area contributed by atoms with Crippen LogP contribution in [0.4, 0.5) is 0 Å². The lowest BCUT2D eigenvalue weighted by Gasteiger charge is -2.14. The Kier molecular flexibility index (Phi) is 5.95.